The number of ether oxygens (including phenoxy) is 1. The molecule has 25 heavy (non-hydrogen) atoms. The molecule has 1 aromatic carbocycles. The largest absolute Gasteiger partial charge is 0.481 e. The van der Waals surface area contributed by atoms with E-state index in [9.17, 15) is 14.7 Å². The first kappa shape index (κ1) is 15.7. The number of carboxylic acids is 1. The van der Waals surface area contributed by atoms with Crippen LogP contribution in [0, 0.1) is 5.92 Å². The summed E-state index contributed by atoms with van der Waals surface area (Å²) in [6.45, 7) is 2.31. The van der Waals surface area contributed by atoms with Crippen molar-refractivity contribution in [2.24, 2.45) is 5.92 Å². The van der Waals surface area contributed by atoms with Gasteiger partial charge in [0.15, 0.2) is 5.69 Å². The second-order valence-electron chi connectivity index (χ2n) is 6.52. The third kappa shape index (κ3) is 2.86. The number of carbonyl (C=O) groups is 1. The molecule has 1 saturated heterocycles. The van der Waals surface area contributed by atoms with Gasteiger partial charge >= 0.3 is 5.97 Å². The Bertz CT molecular complexity index is 855. The molecule has 0 unspecified atom stereocenters. The maximum atomic E-state index is 12.9. The van der Waals surface area contributed by atoms with Crippen molar-refractivity contribution in [3.05, 3.63) is 51.9 Å². The van der Waals surface area contributed by atoms with Crippen LogP contribution in [-0.2, 0) is 13.2 Å². The SMILES string of the molecule is O=C(O)c1nc2n(c(=O)c1OCc1ccccc1)CC1CCN2CC1. The van der Waals surface area contributed by atoms with E-state index in [0.29, 0.717) is 18.4 Å². The summed E-state index contributed by atoms with van der Waals surface area (Å²) in [5, 5.41) is 9.52. The predicted molar refractivity (Wildman–Crippen MR) is 91.2 cm³/mol. The molecule has 1 aromatic heterocycles. The van der Waals surface area contributed by atoms with Crippen LogP contribution in [-0.4, -0.2) is 33.7 Å². The minimum absolute atomic E-state index is 0.129. The third-order valence-electron chi connectivity index (χ3n) is 4.87. The van der Waals surface area contributed by atoms with Gasteiger partial charge in [0.1, 0.15) is 6.61 Å². The van der Waals surface area contributed by atoms with Crippen molar-refractivity contribution in [3.8, 4) is 5.75 Å². The molecule has 7 nitrogen and oxygen atoms in total. The number of hydrogen-bond acceptors (Lipinski definition) is 5. The molecule has 0 saturated carbocycles. The fourth-order valence-corrected chi connectivity index (χ4v) is 3.51. The molecule has 0 atom stereocenters. The molecule has 0 radical (unpaired) electrons. The molecule has 0 aliphatic carbocycles. The van der Waals surface area contributed by atoms with Gasteiger partial charge in [0.05, 0.1) is 0 Å². The van der Waals surface area contributed by atoms with Gasteiger partial charge in [-0.2, -0.15) is 0 Å². The topological polar surface area (TPSA) is 84.7 Å². The van der Waals surface area contributed by atoms with Crippen molar-refractivity contribution < 1.29 is 14.6 Å². The Kier molecular flexibility index (Phi) is 3.91. The van der Waals surface area contributed by atoms with E-state index < -0.39 is 11.5 Å². The Labute approximate surface area is 144 Å². The van der Waals surface area contributed by atoms with Crippen LogP contribution in [0.15, 0.2) is 35.1 Å². The average molecular weight is 341 g/mol. The number of nitrogens with zero attached hydrogens (tertiary/aromatic N) is 3. The summed E-state index contributed by atoms with van der Waals surface area (Å²) in [4.78, 5) is 30.9. The summed E-state index contributed by atoms with van der Waals surface area (Å²) >= 11 is 0. The van der Waals surface area contributed by atoms with Crippen LogP contribution in [0.5, 0.6) is 5.75 Å². The predicted octanol–water partition coefficient (Wildman–Crippen LogP) is 1.75. The molecule has 3 aliphatic heterocycles. The molecule has 1 fully saturated rings. The minimum Gasteiger partial charge on any atom is -0.481 e. The first-order valence-electron chi connectivity index (χ1n) is 8.43. The Morgan fingerprint density at radius 1 is 1.24 bits per heavy atom. The first-order chi connectivity index (χ1) is 12.1. The molecule has 3 aliphatic rings. The molecule has 4 heterocycles. The summed E-state index contributed by atoms with van der Waals surface area (Å²) in [6.07, 6.45) is 1.98. The van der Waals surface area contributed by atoms with E-state index in [4.69, 9.17) is 4.74 Å². The van der Waals surface area contributed by atoms with Crippen LogP contribution in [0.25, 0.3) is 0 Å². The van der Waals surface area contributed by atoms with Gasteiger partial charge in [-0.1, -0.05) is 30.3 Å². The monoisotopic (exact) mass is 341 g/mol. The number of aromatic nitrogens is 2. The fraction of sp³-hybridized carbons (Fsp3) is 0.389. The molecule has 130 valence electrons. The molecular formula is C18H19N3O4. The van der Waals surface area contributed by atoms with E-state index in [2.05, 4.69) is 4.98 Å². The van der Waals surface area contributed by atoms with Crippen LogP contribution in [0.1, 0.15) is 28.9 Å². The van der Waals surface area contributed by atoms with Crippen LogP contribution in [0.4, 0.5) is 5.95 Å². The van der Waals surface area contributed by atoms with E-state index in [1.807, 2.05) is 35.2 Å². The maximum Gasteiger partial charge on any atom is 0.358 e. The zero-order valence-corrected chi connectivity index (χ0v) is 13.7. The highest BCUT2D eigenvalue weighted by atomic mass is 16.5. The van der Waals surface area contributed by atoms with E-state index in [0.717, 1.165) is 31.5 Å². The van der Waals surface area contributed by atoms with Gasteiger partial charge in [-0.15, -0.1) is 0 Å². The lowest BCUT2D eigenvalue weighted by Crippen LogP contribution is -2.34. The highest BCUT2D eigenvalue weighted by Crippen LogP contribution is 2.29. The van der Waals surface area contributed by atoms with Crippen molar-refractivity contribution in [3.63, 3.8) is 0 Å². The van der Waals surface area contributed by atoms with E-state index in [1.54, 1.807) is 4.57 Å². The summed E-state index contributed by atoms with van der Waals surface area (Å²) in [6, 6.07) is 9.34. The van der Waals surface area contributed by atoms with Crippen LogP contribution in [0.3, 0.4) is 0 Å². The number of fused-ring (bicyclic) bond motifs is 2. The lowest BCUT2D eigenvalue weighted by molar-refractivity contribution is 0.0683. The second kappa shape index (κ2) is 6.23. The number of carboxylic acid groups (broad SMARTS) is 1. The quantitative estimate of drug-likeness (QED) is 0.912. The lowest BCUT2D eigenvalue weighted by atomic mass is 9.98. The van der Waals surface area contributed by atoms with Crippen molar-refractivity contribution in [1.29, 1.82) is 0 Å². The zero-order valence-electron chi connectivity index (χ0n) is 13.7. The van der Waals surface area contributed by atoms with E-state index >= 15 is 0 Å². The molecule has 2 bridgehead atoms. The van der Waals surface area contributed by atoms with Crippen molar-refractivity contribution in [2.75, 3.05) is 18.0 Å². The van der Waals surface area contributed by atoms with Gasteiger partial charge in [-0.05, 0) is 24.3 Å². The molecule has 1 N–H and O–H groups in total. The number of rotatable bonds is 4. The Morgan fingerprint density at radius 3 is 2.64 bits per heavy atom. The smallest absolute Gasteiger partial charge is 0.358 e. The first-order valence-corrected chi connectivity index (χ1v) is 8.43. The van der Waals surface area contributed by atoms with Crippen LogP contribution in [0.2, 0.25) is 0 Å². The van der Waals surface area contributed by atoms with Gasteiger partial charge in [-0.3, -0.25) is 9.36 Å². The molecule has 0 spiro atoms. The molecule has 7 heteroatoms. The van der Waals surface area contributed by atoms with E-state index in [-0.39, 0.29) is 18.1 Å². The number of anilines is 1. The average Bonchev–Trinajstić information content (AvgIpc) is 2.91. The maximum absolute atomic E-state index is 12.9. The number of piperidine rings is 1. The van der Waals surface area contributed by atoms with Gasteiger partial charge in [-0.25, -0.2) is 9.78 Å². The van der Waals surface area contributed by atoms with Crippen LogP contribution < -0.4 is 15.2 Å². The van der Waals surface area contributed by atoms with Crippen molar-refractivity contribution >= 4 is 11.9 Å². The van der Waals surface area contributed by atoms with Crippen molar-refractivity contribution in [2.45, 2.75) is 26.0 Å². The minimum atomic E-state index is -1.25. The van der Waals surface area contributed by atoms with Gasteiger partial charge < -0.3 is 14.7 Å². The molecular weight excluding hydrogens is 322 g/mol. The van der Waals surface area contributed by atoms with Crippen LogP contribution >= 0.6 is 0 Å². The Morgan fingerprint density at radius 2 is 1.96 bits per heavy atom. The number of aromatic carboxylic acids is 1. The second-order valence-corrected chi connectivity index (χ2v) is 6.52. The molecule has 5 rings (SSSR count). The summed E-state index contributed by atoms with van der Waals surface area (Å²) in [5.74, 6) is -0.546. The molecule has 0 amide bonds. The van der Waals surface area contributed by atoms with E-state index in [1.165, 1.54) is 0 Å². The van der Waals surface area contributed by atoms with Gasteiger partial charge in [0.2, 0.25) is 11.7 Å². The van der Waals surface area contributed by atoms with Gasteiger partial charge in [0.25, 0.3) is 5.56 Å². The van der Waals surface area contributed by atoms with Crippen molar-refractivity contribution in [1.82, 2.24) is 9.55 Å². The normalized spacial score (nSPS) is 16.4. The third-order valence-corrected chi connectivity index (χ3v) is 4.87. The lowest BCUT2D eigenvalue weighted by Gasteiger charge is -2.27. The summed E-state index contributed by atoms with van der Waals surface area (Å²) < 4.78 is 7.20. The Balaban J connectivity index is 1.76. The summed E-state index contributed by atoms with van der Waals surface area (Å²) in [5.41, 5.74) is 0.150. The Hall–Kier alpha value is -2.83. The number of benzene rings is 1. The highest BCUT2D eigenvalue weighted by Gasteiger charge is 2.32. The van der Waals surface area contributed by atoms with Gasteiger partial charge in [0, 0.05) is 19.6 Å². The standard InChI is InChI=1S/C18H19N3O4/c22-16-15(25-11-13-4-2-1-3-5-13)14(17(23)24)19-18-20-8-6-12(7-9-20)10-21(16)18/h1-5,12H,6-11H2,(H,23,24). The summed E-state index contributed by atoms with van der Waals surface area (Å²) in [7, 11) is 0. The fourth-order valence-electron chi connectivity index (χ4n) is 3.51. The zero-order chi connectivity index (χ0) is 17.4. The highest BCUT2D eigenvalue weighted by molar-refractivity contribution is 5.88. The number of hydrogen-bond donors (Lipinski definition) is 1. The molecule has 2 aromatic rings.